The van der Waals surface area contributed by atoms with Crippen molar-refractivity contribution in [3.8, 4) is 0 Å². The van der Waals surface area contributed by atoms with E-state index in [0.717, 1.165) is 5.92 Å². The van der Waals surface area contributed by atoms with Crippen LogP contribution in [0.4, 0.5) is 0 Å². The summed E-state index contributed by atoms with van der Waals surface area (Å²) in [6, 6.07) is 5.32. The zero-order valence-electron chi connectivity index (χ0n) is 11.2. The van der Waals surface area contributed by atoms with Gasteiger partial charge in [0.15, 0.2) is 0 Å². The zero-order valence-corrected chi connectivity index (χ0v) is 11.2. The van der Waals surface area contributed by atoms with E-state index < -0.39 is 0 Å². The minimum absolute atomic E-state index is 0.466. The molecule has 17 heavy (non-hydrogen) atoms. The molecule has 1 aromatic rings. The molecular weight excluding hydrogens is 208 g/mol. The molecule has 0 amide bonds. The van der Waals surface area contributed by atoms with Gasteiger partial charge in [0, 0.05) is 18.3 Å². The van der Waals surface area contributed by atoms with Gasteiger partial charge in [-0.3, -0.25) is 4.98 Å². The summed E-state index contributed by atoms with van der Waals surface area (Å²) < 4.78 is 0. The van der Waals surface area contributed by atoms with E-state index in [9.17, 15) is 0 Å². The fourth-order valence-electron chi connectivity index (χ4n) is 2.89. The summed E-state index contributed by atoms with van der Waals surface area (Å²) in [6.07, 6.45) is 6.86. The molecule has 2 heteroatoms. The topological polar surface area (TPSA) is 24.9 Å². The van der Waals surface area contributed by atoms with Gasteiger partial charge in [-0.25, -0.2) is 0 Å². The molecule has 94 valence electrons. The summed E-state index contributed by atoms with van der Waals surface area (Å²) in [5.41, 5.74) is 2.72. The number of pyridine rings is 1. The molecule has 0 radical (unpaired) electrons. The molecule has 2 rings (SSSR count). The average molecular weight is 232 g/mol. The second kappa shape index (κ2) is 5.63. The monoisotopic (exact) mass is 232 g/mol. The molecule has 0 fully saturated rings. The van der Waals surface area contributed by atoms with Gasteiger partial charge in [-0.05, 0) is 50.2 Å². The summed E-state index contributed by atoms with van der Waals surface area (Å²) in [7, 11) is 0. The van der Waals surface area contributed by atoms with Crippen molar-refractivity contribution in [2.45, 2.75) is 58.5 Å². The van der Waals surface area contributed by atoms with Crippen LogP contribution in [0, 0.1) is 5.92 Å². The third-order valence-electron chi connectivity index (χ3n) is 3.51. The van der Waals surface area contributed by atoms with E-state index in [-0.39, 0.29) is 0 Å². The lowest BCUT2D eigenvalue weighted by molar-refractivity contribution is 0.361. The Labute approximate surface area is 105 Å². The zero-order chi connectivity index (χ0) is 12.3. The predicted molar refractivity (Wildman–Crippen MR) is 72.0 cm³/mol. The van der Waals surface area contributed by atoms with E-state index in [1.54, 1.807) is 0 Å². The van der Waals surface area contributed by atoms with Crippen molar-refractivity contribution in [3.63, 3.8) is 0 Å². The second-order valence-corrected chi connectivity index (χ2v) is 5.69. The van der Waals surface area contributed by atoms with Crippen LogP contribution in [0.2, 0.25) is 0 Å². The van der Waals surface area contributed by atoms with Crippen molar-refractivity contribution in [2.75, 3.05) is 0 Å². The summed E-state index contributed by atoms with van der Waals surface area (Å²) in [5.74, 6) is 0.754. The Bertz CT molecular complexity index is 360. The van der Waals surface area contributed by atoms with Crippen molar-refractivity contribution in [3.05, 3.63) is 29.6 Å². The van der Waals surface area contributed by atoms with Crippen LogP contribution in [0.25, 0.3) is 0 Å². The van der Waals surface area contributed by atoms with Crippen LogP contribution in [0.1, 0.15) is 57.3 Å². The van der Waals surface area contributed by atoms with Gasteiger partial charge in [0.2, 0.25) is 0 Å². The van der Waals surface area contributed by atoms with Crippen molar-refractivity contribution < 1.29 is 0 Å². The molecule has 0 aromatic carbocycles. The highest BCUT2D eigenvalue weighted by Gasteiger charge is 2.22. The fourth-order valence-corrected chi connectivity index (χ4v) is 2.89. The number of hydrogen-bond acceptors (Lipinski definition) is 2. The highest BCUT2D eigenvalue weighted by molar-refractivity contribution is 5.25. The van der Waals surface area contributed by atoms with Crippen LogP contribution in [0.15, 0.2) is 18.3 Å². The highest BCUT2D eigenvalue weighted by Crippen LogP contribution is 2.28. The first-order valence-electron chi connectivity index (χ1n) is 6.86. The number of rotatable bonds is 4. The van der Waals surface area contributed by atoms with E-state index in [4.69, 9.17) is 0 Å². The van der Waals surface area contributed by atoms with Gasteiger partial charge in [-0.1, -0.05) is 19.9 Å². The van der Waals surface area contributed by atoms with Crippen LogP contribution < -0.4 is 5.32 Å². The maximum Gasteiger partial charge on any atom is 0.0605 e. The molecule has 1 aliphatic rings. The Hall–Kier alpha value is -0.890. The standard InChI is InChI=1S/C15H24N2/c1-11(2)10-12(3)17-14-8-4-6-13-7-5-9-16-15(13)14/h5,7,9,11-12,14,17H,4,6,8,10H2,1-3H3. The van der Waals surface area contributed by atoms with Crippen molar-refractivity contribution in [2.24, 2.45) is 5.92 Å². The number of nitrogens with zero attached hydrogens (tertiary/aromatic N) is 1. The van der Waals surface area contributed by atoms with Crippen molar-refractivity contribution >= 4 is 0 Å². The number of hydrogen-bond donors (Lipinski definition) is 1. The quantitative estimate of drug-likeness (QED) is 0.859. The summed E-state index contributed by atoms with van der Waals surface area (Å²) >= 11 is 0. The lowest BCUT2D eigenvalue weighted by Crippen LogP contribution is -2.34. The Morgan fingerprint density at radius 3 is 3.00 bits per heavy atom. The molecular formula is C15H24N2. The van der Waals surface area contributed by atoms with Gasteiger partial charge < -0.3 is 5.32 Å². The van der Waals surface area contributed by atoms with E-state index in [1.165, 1.54) is 36.9 Å². The van der Waals surface area contributed by atoms with Crippen LogP contribution >= 0.6 is 0 Å². The Balaban J connectivity index is 2.03. The predicted octanol–water partition coefficient (Wildman–Crippen LogP) is 3.48. The number of aromatic nitrogens is 1. The molecule has 1 aliphatic carbocycles. The minimum atomic E-state index is 0.466. The fraction of sp³-hybridized carbons (Fsp3) is 0.667. The van der Waals surface area contributed by atoms with Gasteiger partial charge in [0.1, 0.15) is 0 Å². The first-order chi connectivity index (χ1) is 8.16. The molecule has 1 aromatic heterocycles. The first kappa shape index (κ1) is 12.6. The lowest BCUT2D eigenvalue weighted by atomic mass is 9.91. The lowest BCUT2D eigenvalue weighted by Gasteiger charge is -2.28. The van der Waals surface area contributed by atoms with Crippen LogP contribution in [-0.4, -0.2) is 11.0 Å². The molecule has 2 nitrogen and oxygen atoms in total. The minimum Gasteiger partial charge on any atom is -0.306 e. The van der Waals surface area contributed by atoms with Crippen molar-refractivity contribution in [1.29, 1.82) is 0 Å². The SMILES string of the molecule is CC(C)CC(C)NC1CCCc2cccnc21. The molecule has 0 bridgehead atoms. The molecule has 1 N–H and O–H groups in total. The third kappa shape index (κ3) is 3.29. The van der Waals surface area contributed by atoms with Gasteiger partial charge >= 0.3 is 0 Å². The Morgan fingerprint density at radius 2 is 2.24 bits per heavy atom. The molecule has 0 saturated heterocycles. The molecule has 2 atom stereocenters. The normalized spacial score (nSPS) is 21.3. The van der Waals surface area contributed by atoms with Gasteiger partial charge in [0.25, 0.3) is 0 Å². The molecule has 2 unspecified atom stereocenters. The Kier molecular flexibility index (Phi) is 4.16. The van der Waals surface area contributed by atoms with Gasteiger partial charge in [0.05, 0.1) is 5.69 Å². The summed E-state index contributed by atoms with van der Waals surface area (Å²) in [6.45, 7) is 6.85. The number of nitrogens with one attached hydrogen (secondary N) is 1. The maximum absolute atomic E-state index is 4.57. The molecule has 0 spiro atoms. The largest absolute Gasteiger partial charge is 0.306 e. The van der Waals surface area contributed by atoms with Crippen LogP contribution in [0.5, 0.6) is 0 Å². The second-order valence-electron chi connectivity index (χ2n) is 5.69. The smallest absolute Gasteiger partial charge is 0.0605 e. The molecule has 0 saturated carbocycles. The Morgan fingerprint density at radius 1 is 1.41 bits per heavy atom. The first-order valence-corrected chi connectivity index (χ1v) is 6.86. The van der Waals surface area contributed by atoms with E-state index >= 15 is 0 Å². The van der Waals surface area contributed by atoms with Gasteiger partial charge in [-0.2, -0.15) is 0 Å². The van der Waals surface area contributed by atoms with E-state index in [2.05, 4.69) is 43.2 Å². The van der Waals surface area contributed by atoms with Gasteiger partial charge in [-0.15, -0.1) is 0 Å². The van der Waals surface area contributed by atoms with E-state index in [1.807, 2.05) is 6.20 Å². The summed E-state index contributed by atoms with van der Waals surface area (Å²) in [4.78, 5) is 4.57. The maximum atomic E-state index is 4.57. The summed E-state index contributed by atoms with van der Waals surface area (Å²) in [5, 5.41) is 3.74. The van der Waals surface area contributed by atoms with E-state index in [0.29, 0.717) is 12.1 Å². The molecule has 0 aliphatic heterocycles. The third-order valence-corrected chi connectivity index (χ3v) is 3.51. The number of aryl methyl sites for hydroxylation is 1. The average Bonchev–Trinajstić information content (AvgIpc) is 2.28. The number of fused-ring (bicyclic) bond motifs is 1. The van der Waals surface area contributed by atoms with Crippen LogP contribution in [0.3, 0.4) is 0 Å². The van der Waals surface area contributed by atoms with Crippen molar-refractivity contribution in [1.82, 2.24) is 10.3 Å². The molecule has 1 heterocycles. The van der Waals surface area contributed by atoms with Crippen LogP contribution in [-0.2, 0) is 6.42 Å². The highest BCUT2D eigenvalue weighted by atomic mass is 15.0.